The topological polar surface area (TPSA) is 75.6 Å². The van der Waals surface area contributed by atoms with Gasteiger partial charge in [0.1, 0.15) is 5.92 Å². The first kappa shape index (κ1) is 12.9. The second kappa shape index (κ2) is 4.95. The van der Waals surface area contributed by atoms with Gasteiger partial charge in [0.05, 0.1) is 5.60 Å². The van der Waals surface area contributed by atoms with Gasteiger partial charge in [0.2, 0.25) is 5.91 Å². The van der Waals surface area contributed by atoms with Gasteiger partial charge >= 0.3 is 5.97 Å². The Morgan fingerprint density at radius 1 is 1.50 bits per heavy atom. The van der Waals surface area contributed by atoms with Crippen LogP contribution in [0.3, 0.4) is 0 Å². The molecule has 2 N–H and O–H groups in total. The maximum absolute atomic E-state index is 11.2. The highest BCUT2D eigenvalue weighted by molar-refractivity contribution is 5.96. The molecule has 0 heterocycles. The quantitative estimate of drug-likeness (QED) is 0.628. The molecule has 0 aliphatic heterocycles. The van der Waals surface area contributed by atoms with Crippen molar-refractivity contribution in [1.82, 2.24) is 5.32 Å². The van der Waals surface area contributed by atoms with Crippen molar-refractivity contribution in [3.63, 3.8) is 0 Å². The van der Waals surface area contributed by atoms with E-state index in [1.165, 1.54) is 14.0 Å². The third-order valence-corrected chi connectivity index (χ3v) is 2.00. The number of nitrogens with one attached hydrogen (secondary N) is 1. The van der Waals surface area contributed by atoms with Crippen LogP contribution >= 0.6 is 0 Å². The molecule has 0 aliphatic rings. The minimum absolute atomic E-state index is 0.292. The molecule has 0 aliphatic carbocycles. The van der Waals surface area contributed by atoms with Crippen LogP contribution in [0, 0.1) is 5.92 Å². The van der Waals surface area contributed by atoms with Crippen molar-refractivity contribution < 1.29 is 19.4 Å². The van der Waals surface area contributed by atoms with Gasteiger partial charge in [0, 0.05) is 13.7 Å². The standard InChI is InChI=1S/C9H17NO4/c1-6(8(12)13)7(11)10-5-9(2,3)14-4/h6H,5H2,1-4H3,(H,10,11)(H,12,13). The first-order valence-corrected chi connectivity index (χ1v) is 4.36. The van der Waals surface area contributed by atoms with Crippen LogP contribution in [0.4, 0.5) is 0 Å². The molecule has 0 rings (SSSR count). The highest BCUT2D eigenvalue weighted by Crippen LogP contribution is 2.05. The minimum atomic E-state index is -1.13. The van der Waals surface area contributed by atoms with Crippen LogP contribution in [0.5, 0.6) is 0 Å². The van der Waals surface area contributed by atoms with Gasteiger partial charge in [-0.15, -0.1) is 0 Å². The normalized spacial score (nSPS) is 13.4. The molecule has 0 aromatic rings. The molecular weight excluding hydrogens is 186 g/mol. The summed E-state index contributed by atoms with van der Waals surface area (Å²) in [7, 11) is 1.53. The van der Waals surface area contributed by atoms with E-state index in [-0.39, 0.29) is 0 Å². The number of carboxylic acid groups (broad SMARTS) is 1. The maximum atomic E-state index is 11.2. The van der Waals surface area contributed by atoms with Crippen molar-refractivity contribution in [2.24, 2.45) is 5.92 Å². The SMILES string of the molecule is COC(C)(C)CNC(=O)C(C)C(=O)O. The third-order valence-electron chi connectivity index (χ3n) is 2.00. The number of rotatable bonds is 5. The summed E-state index contributed by atoms with van der Waals surface area (Å²) in [5.41, 5.74) is -0.478. The van der Waals surface area contributed by atoms with E-state index < -0.39 is 23.4 Å². The summed E-state index contributed by atoms with van der Waals surface area (Å²) in [5, 5.41) is 11.1. The van der Waals surface area contributed by atoms with E-state index in [0.29, 0.717) is 6.54 Å². The first-order chi connectivity index (χ1) is 6.30. The summed E-state index contributed by atoms with van der Waals surface area (Å²) < 4.78 is 5.07. The Balaban J connectivity index is 4.03. The van der Waals surface area contributed by atoms with Crippen molar-refractivity contribution in [2.75, 3.05) is 13.7 Å². The Kier molecular flexibility index (Phi) is 4.56. The van der Waals surface area contributed by atoms with Gasteiger partial charge in [-0.25, -0.2) is 0 Å². The van der Waals surface area contributed by atoms with Gasteiger partial charge in [-0.05, 0) is 20.8 Å². The highest BCUT2D eigenvalue weighted by atomic mass is 16.5. The van der Waals surface area contributed by atoms with Gasteiger partial charge in [0.15, 0.2) is 0 Å². The number of ether oxygens (including phenoxy) is 1. The molecule has 0 fully saturated rings. The maximum Gasteiger partial charge on any atom is 0.315 e. The predicted molar refractivity (Wildman–Crippen MR) is 50.9 cm³/mol. The number of carbonyl (C=O) groups is 2. The lowest BCUT2D eigenvalue weighted by atomic mass is 10.1. The van der Waals surface area contributed by atoms with Gasteiger partial charge in [-0.1, -0.05) is 0 Å². The average molecular weight is 203 g/mol. The Bertz CT molecular complexity index is 225. The molecule has 5 nitrogen and oxygen atoms in total. The second-order valence-corrected chi connectivity index (χ2v) is 3.74. The van der Waals surface area contributed by atoms with Crippen LogP contribution < -0.4 is 5.32 Å². The third kappa shape index (κ3) is 4.23. The number of methoxy groups -OCH3 is 1. The summed E-state index contributed by atoms with van der Waals surface area (Å²) >= 11 is 0. The highest BCUT2D eigenvalue weighted by Gasteiger charge is 2.23. The average Bonchev–Trinajstić information content (AvgIpc) is 2.13. The minimum Gasteiger partial charge on any atom is -0.481 e. The lowest BCUT2D eigenvalue weighted by Crippen LogP contribution is -2.43. The zero-order valence-corrected chi connectivity index (χ0v) is 8.96. The second-order valence-electron chi connectivity index (χ2n) is 3.74. The van der Waals surface area contributed by atoms with Crippen LogP contribution in [0.1, 0.15) is 20.8 Å². The lowest BCUT2D eigenvalue weighted by molar-refractivity contribution is -0.146. The Hall–Kier alpha value is -1.10. The van der Waals surface area contributed by atoms with Gasteiger partial charge in [0.25, 0.3) is 0 Å². The van der Waals surface area contributed by atoms with Crippen LogP contribution in [0.25, 0.3) is 0 Å². The summed E-state index contributed by atoms with van der Waals surface area (Å²) in [6.45, 7) is 5.24. The van der Waals surface area contributed by atoms with E-state index in [1.807, 2.05) is 0 Å². The van der Waals surface area contributed by atoms with E-state index in [0.717, 1.165) is 0 Å². The number of carbonyl (C=O) groups excluding carboxylic acids is 1. The molecule has 0 aromatic carbocycles. The molecule has 0 radical (unpaired) electrons. The van der Waals surface area contributed by atoms with Crippen LogP contribution in [0.2, 0.25) is 0 Å². The summed E-state index contributed by atoms with van der Waals surface area (Å²) in [5.74, 6) is -2.65. The number of hydrogen-bond donors (Lipinski definition) is 2. The van der Waals surface area contributed by atoms with Crippen LogP contribution in [-0.2, 0) is 14.3 Å². The molecule has 14 heavy (non-hydrogen) atoms. The Labute approximate surface area is 83.4 Å². The molecule has 1 amide bonds. The lowest BCUT2D eigenvalue weighted by Gasteiger charge is -2.23. The Morgan fingerprint density at radius 2 is 2.00 bits per heavy atom. The van der Waals surface area contributed by atoms with Crippen LogP contribution in [-0.4, -0.2) is 36.2 Å². The van der Waals surface area contributed by atoms with Crippen molar-refractivity contribution in [3.05, 3.63) is 0 Å². The summed E-state index contributed by atoms with van der Waals surface area (Å²) in [6, 6.07) is 0. The largest absolute Gasteiger partial charge is 0.481 e. The molecule has 1 unspecified atom stereocenters. The van der Waals surface area contributed by atoms with Crippen LogP contribution in [0.15, 0.2) is 0 Å². The fourth-order valence-corrected chi connectivity index (χ4v) is 0.637. The van der Waals surface area contributed by atoms with Crippen molar-refractivity contribution in [3.8, 4) is 0 Å². The molecule has 82 valence electrons. The van der Waals surface area contributed by atoms with Gasteiger partial charge in [-0.3, -0.25) is 9.59 Å². The molecule has 0 bridgehead atoms. The molecule has 5 heteroatoms. The fraction of sp³-hybridized carbons (Fsp3) is 0.778. The summed E-state index contributed by atoms with van der Waals surface area (Å²) in [6.07, 6.45) is 0. The van der Waals surface area contributed by atoms with E-state index in [2.05, 4.69) is 5.32 Å². The summed E-state index contributed by atoms with van der Waals surface area (Å²) in [4.78, 5) is 21.6. The molecular formula is C9H17NO4. The number of hydrogen-bond acceptors (Lipinski definition) is 3. The van der Waals surface area contributed by atoms with E-state index in [1.54, 1.807) is 13.8 Å². The van der Waals surface area contributed by atoms with Gasteiger partial charge < -0.3 is 15.2 Å². The number of amides is 1. The number of carboxylic acids is 1. The van der Waals surface area contributed by atoms with E-state index >= 15 is 0 Å². The smallest absolute Gasteiger partial charge is 0.315 e. The first-order valence-electron chi connectivity index (χ1n) is 4.36. The monoisotopic (exact) mass is 203 g/mol. The zero-order valence-electron chi connectivity index (χ0n) is 8.96. The number of aliphatic carboxylic acids is 1. The van der Waals surface area contributed by atoms with Crippen molar-refractivity contribution in [1.29, 1.82) is 0 Å². The fourth-order valence-electron chi connectivity index (χ4n) is 0.637. The Morgan fingerprint density at radius 3 is 2.36 bits per heavy atom. The van der Waals surface area contributed by atoms with Gasteiger partial charge in [-0.2, -0.15) is 0 Å². The molecule has 0 aromatic heterocycles. The molecule has 0 saturated heterocycles. The molecule has 1 atom stereocenters. The van der Waals surface area contributed by atoms with E-state index in [9.17, 15) is 9.59 Å². The van der Waals surface area contributed by atoms with Crippen molar-refractivity contribution in [2.45, 2.75) is 26.4 Å². The molecule has 0 spiro atoms. The van der Waals surface area contributed by atoms with E-state index in [4.69, 9.17) is 9.84 Å². The predicted octanol–water partition coefficient (Wildman–Crippen LogP) is 0.248. The molecule has 0 saturated carbocycles. The van der Waals surface area contributed by atoms with Crippen molar-refractivity contribution >= 4 is 11.9 Å². The zero-order chi connectivity index (χ0) is 11.4.